The second kappa shape index (κ2) is 3.42. The zero-order valence-electron chi connectivity index (χ0n) is 5.15. The molecular formula is C7H11F. The lowest BCUT2D eigenvalue weighted by Crippen LogP contribution is -1.91. The van der Waals surface area contributed by atoms with Gasteiger partial charge in [-0.3, -0.25) is 0 Å². The van der Waals surface area contributed by atoms with Gasteiger partial charge in [0.25, 0.3) is 0 Å². The molecule has 0 radical (unpaired) electrons. The SMILES string of the molecule is C=CC(=C)CC(C)F. The Morgan fingerprint density at radius 2 is 2.38 bits per heavy atom. The smallest absolute Gasteiger partial charge is 0.101 e. The van der Waals surface area contributed by atoms with Gasteiger partial charge in [0.1, 0.15) is 6.17 Å². The first-order valence-electron chi connectivity index (χ1n) is 2.61. The Bertz CT molecular complexity index is 92.6. The van der Waals surface area contributed by atoms with Crippen LogP contribution in [0.3, 0.4) is 0 Å². The summed E-state index contributed by atoms with van der Waals surface area (Å²) in [7, 11) is 0. The van der Waals surface area contributed by atoms with Crippen LogP contribution in [0.1, 0.15) is 13.3 Å². The van der Waals surface area contributed by atoms with E-state index >= 15 is 0 Å². The molecule has 0 N–H and O–H groups in total. The summed E-state index contributed by atoms with van der Waals surface area (Å²) in [6.07, 6.45) is 1.19. The van der Waals surface area contributed by atoms with Gasteiger partial charge in [0.2, 0.25) is 0 Å². The predicted molar refractivity (Wildman–Crippen MR) is 34.5 cm³/mol. The Hall–Kier alpha value is -0.590. The quantitative estimate of drug-likeness (QED) is 0.494. The van der Waals surface area contributed by atoms with Gasteiger partial charge < -0.3 is 0 Å². The van der Waals surface area contributed by atoms with Crippen molar-refractivity contribution in [3.8, 4) is 0 Å². The Balaban J connectivity index is 3.39. The molecule has 1 unspecified atom stereocenters. The molecule has 0 rings (SSSR count). The predicted octanol–water partition coefficient (Wildman–Crippen LogP) is 2.48. The maximum atomic E-state index is 12.0. The highest BCUT2D eigenvalue weighted by Crippen LogP contribution is 2.05. The van der Waals surface area contributed by atoms with E-state index in [4.69, 9.17) is 0 Å². The first-order valence-corrected chi connectivity index (χ1v) is 2.61. The molecule has 0 saturated carbocycles. The van der Waals surface area contributed by atoms with Crippen molar-refractivity contribution in [2.75, 3.05) is 0 Å². The summed E-state index contributed by atoms with van der Waals surface area (Å²) in [5, 5.41) is 0. The molecule has 0 aromatic heterocycles. The molecule has 0 nitrogen and oxygen atoms in total. The van der Waals surface area contributed by atoms with Gasteiger partial charge in [0, 0.05) is 6.42 Å². The largest absolute Gasteiger partial charge is 0.247 e. The van der Waals surface area contributed by atoms with E-state index in [-0.39, 0.29) is 0 Å². The number of allylic oxidation sites excluding steroid dienone is 2. The highest BCUT2D eigenvalue weighted by atomic mass is 19.1. The van der Waals surface area contributed by atoms with Gasteiger partial charge in [-0.05, 0) is 6.92 Å². The number of alkyl halides is 1. The number of halogens is 1. The molecule has 0 fully saturated rings. The van der Waals surface area contributed by atoms with E-state index in [9.17, 15) is 4.39 Å². The standard InChI is InChI=1S/C7H11F/c1-4-6(2)5-7(3)8/h4,7H,1-2,5H2,3H3. The second-order valence-electron chi connectivity index (χ2n) is 1.85. The minimum atomic E-state index is -0.791. The highest BCUT2D eigenvalue weighted by Gasteiger charge is 1.96. The maximum absolute atomic E-state index is 12.0. The van der Waals surface area contributed by atoms with Gasteiger partial charge in [-0.2, -0.15) is 0 Å². The molecule has 46 valence electrons. The highest BCUT2D eigenvalue weighted by molar-refractivity contribution is 5.11. The van der Waals surface area contributed by atoms with Gasteiger partial charge >= 0.3 is 0 Å². The van der Waals surface area contributed by atoms with Crippen LogP contribution in [-0.2, 0) is 0 Å². The lowest BCUT2D eigenvalue weighted by Gasteiger charge is -1.97. The molecule has 8 heavy (non-hydrogen) atoms. The van der Waals surface area contributed by atoms with Crippen LogP contribution in [0.2, 0.25) is 0 Å². The van der Waals surface area contributed by atoms with E-state index in [1.807, 2.05) is 0 Å². The fraction of sp³-hybridized carbons (Fsp3) is 0.429. The summed E-state index contributed by atoms with van der Waals surface area (Å²) in [5.74, 6) is 0. The van der Waals surface area contributed by atoms with Crippen LogP contribution < -0.4 is 0 Å². The van der Waals surface area contributed by atoms with E-state index in [1.54, 1.807) is 6.08 Å². The molecule has 0 aromatic rings. The van der Waals surface area contributed by atoms with Crippen LogP contribution in [0.25, 0.3) is 0 Å². The van der Waals surface area contributed by atoms with Crippen LogP contribution in [0.15, 0.2) is 24.8 Å². The van der Waals surface area contributed by atoms with Crippen LogP contribution in [-0.4, -0.2) is 6.17 Å². The zero-order chi connectivity index (χ0) is 6.57. The molecule has 0 aromatic carbocycles. The van der Waals surface area contributed by atoms with E-state index in [0.717, 1.165) is 5.57 Å². The van der Waals surface area contributed by atoms with Crippen LogP contribution in [0, 0.1) is 0 Å². The number of rotatable bonds is 3. The van der Waals surface area contributed by atoms with Crippen molar-refractivity contribution in [1.29, 1.82) is 0 Å². The van der Waals surface area contributed by atoms with Crippen LogP contribution in [0.4, 0.5) is 4.39 Å². The third kappa shape index (κ3) is 3.59. The Morgan fingerprint density at radius 1 is 1.88 bits per heavy atom. The fourth-order valence-corrected chi connectivity index (χ4v) is 0.445. The number of hydrogen-bond donors (Lipinski definition) is 0. The molecule has 0 aliphatic heterocycles. The van der Waals surface area contributed by atoms with Crippen molar-refractivity contribution in [2.45, 2.75) is 19.5 Å². The average Bonchev–Trinajstić information content (AvgIpc) is 1.65. The summed E-state index contributed by atoms with van der Waals surface area (Å²) in [6, 6.07) is 0. The first kappa shape index (κ1) is 7.41. The topological polar surface area (TPSA) is 0 Å². The van der Waals surface area contributed by atoms with E-state index in [2.05, 4.69) is 13.2 Å². The minimum Gasteiger partial charge on any atom is -0.247 e. The summed E-state index contributed by atoms with van der Waals surface area (Å²) < 4.78 is 12.0. The lowest BCUT2D eigenvalue weighted by molar-refractivity contribution is 0.361. The van der Waals surface area contributed by atoms with Crippen molar-refractivity contribution in [2.24, 2.45) is 0 Å². The maximum Gasteiger partial charge on any atom is 0.101 e. The van der Waals surface area contributed by atoms with Crippen LogP contribution in [0.5, 0.6) is 0 Å². The van der Waals surface area contributed by atoms with Gasteiger partial charge in [-0.15, -0.1) is 0 Å². The molecule has 0 aliphatic rings. The third-order valence-corrected chi connectivity index (χ3v) is 0.832. The minimum absolute atomic E-state index is 0.406. The average molecular weight is 114 g/mol. The molecule has 1 heteroatoms. The van der Waals surface area contributed by atoms with Crippen molar-refractivity contribution in [3.05, 3.63) is 24.8 Å². The summed E-state index contributed by atoms with van der Waals surface area (Å²) >= 11 is 0. The molecular weight excluding hydrogens is 103 g/mol. The Morgan fingerprint density at radius 3 is 2.50 bits per heavy atom. The third-order valence-electron chi connectivity index (χ3n) is 0.832. The second-order valence-corrected chi connectivity index (χ2v) is 1.85. The molecule has 1 atom stereocenters. The van der Waals surface area contributed by atoms with Crippen molar-refractivity contribution >= 4 is 0 Å². The van der Waals surface area contributed by atoms with Crippen molar-refractivity contribution in [3.63, 3.8) is 0 Å². The van der Waals surface area contributed by atoms with E-state index < -0.39 is 6.17 Å². The fourth-order valence-electron chi connectivity index (χ4n) is 0.445. The van der Waals surface area contributed by atoms with E-state index in [0.29, 0.717) is 6.42 Å². The van der Waals surface area contributed by atoms with Crippen molar-refractivity contribution in [1.82, 2.24) is 0 Å². The first-order chi connectivity index (χ1) is 3.66. The molecule has 0 saturated heterocycles. The summed E-state index contributed by atoms with van der Waals surface area (Å²) in [6.45, 7) is 8.51. The van der Waals surface area contributed by atoms with Gasteiger partial charge in [0.15, 0.2) is 0 Å². The van der Waals surface area contributed by atoms with Gasteiger partial charge in [0.05, 0.1) is 0 Å². The molecule has 0 heterocycles. The van der Waals surface area contributed by atoms with Crippen LogP contribution >= 0.6 is 0 Å². The summed E-state index contributed by atoms with van der Waals surface area (Å²) in [5.41, 5.74) is 0.764. The monoisotopic (exact) mass is 114 g/mol. The zero-order valence-corrected chi connectivity index (χ0v) is 5.15. The number of hydrogen-bond acceptors (Lipinski definition) is 0. The van der Waals surface area contributed by atoms with Crippen molar-refractivity contribution < 1.29 is 4.39 Å². The molecule has 0 amide bonds. The molecule has 0 aliphatic carbocycles. The van der Waals surface area contributed by atoms with E-state index in [1.165, 1.54) is 6.92 Å². The summed E-state index contributed by atoms with van der Waals surface area (Å²) in [4.78, 5) is 0. The Labute approximate surface area is 49.7 Å². The van der Waals surface area contributed by atoms with Gasteiger partial charge in [-0.25, -0.2) is 4.39 Å². The Kier molecular flexibility index (Phi) is 3.16. The molecule has 0 spiro atoms. The normalized spacial score (nSPS) is 12.8. The molecule has 0 bridgehead atoms. The van der Waals surface area contributed by atoms with Gasteiger partial charge in [-0.1, -0.05) is 24.8 Å². The lowest BCUT2D eigenvalue weighted by atomic mass is 10.2.